The third kappa shape index (κ3) is 3.98. The maximum atomic E-state index is 12.4. The lowest BCUT2D eigenvalue weighted by atomic mass is 10.3. The number of rotatable bonds is 6. The maximum Gasteiger partial charge on any atom is 0.367 e. The molecule has 15 heteroatoms. The summed E-state index contributed by atoms with van der Waals surface area (Å²) in [5, 5.41) is 4.72. The normalized spacial score (nSPS) is 19.2. The van der Waals surface area contributed by atoms with E-state index in [9.17, 15) is 14.2 Å². The summed E-state index contributed by atoms with van der Waals surface area (Å²) in [6.07, 6.45) is 0. The van der Waals surface area contributed by atoms with E-state index >= 15 is 0 Å². The molecule has 0 fully saturated rings. The Bertz CT molecular complexity index is 467. The zero-order valence-corrected chi connectivity index (χ0v) is 16.5. The molecule has 3 N–H and O–H groups in total. The molecule has 0 saturated heterocycles. The van der Waals surface area contributed by atoms with Crippen molar-refractivity contribution in [3.63, 3.8) is 0 Å². The van der Waals surface area contributed by atoms with Crippen LogP contribution in [0.5, 0.6) is 0 Å². The van der Waals surface area contributed by atoms with Crippen molar-refractivity contribution in [2.45, 2.75) is 18.6 Å². The van der Waals surface area contributed by atoms with Crippen molar-refractivity contribution >= 4 is 84.8 Å². The first-order valence-electron chi connectivity index (χ1n) is 4.61. The van der Waals surface area contributed by atoms with Gasteiger partial charge in [-0.2, -0.15) is 0 Å². The van der Waals surface area contributed by atoms with Crippen LogP contribution >= 0.6 is 84.8 Å². The predicted octanol–water partition coefficient (Wildman–Crippen LogP) is 3.45. The Morgan fingerprint density at radius 3 is 1.52 bits per heavy atom. The number of aliphatic hydroxyl groups is 1. The lowest BCUT2D eigenvalue weighted by Crippen LogP contribution is -2.56. The topological polar surface area (TPSA) is 113 Å². The molecule has 0 aromatic rings. The molecular weight excluding hydrogens is 459 g/mol. The first-order valence-corrected chi connectivity index (χ1v) is 10.1. The van der Waals surface area contributed by atoms with Gasteiger partial charge in [-0.15, -0.1) is 11.6 Å². The van der Waals surface area contributed by atoms with E-state index < -0.39 is 33.8 Å². The molecule has 0 spiro atoms. The summed E-state index contributed by atoms with van der Waals surface area (Å²) in [7, 11) is -8.45. The second kappa shape index (κ2) is 7.09. The highest BCUT2D eigenvalue weighted by atomic mass is 35.6. The van der Waals surface area contributed by atoms with E-state index in [1.165, 1.54) is 0 Å². The molecule has 0 saturated carbocycles. The van der Waals surface area contributed by atoms with Crippen LogP contribution < -0.4 is 0 Å². The van der Waals surface area contributed by atoms with Crippen molar-refractivity contribution < 1.29 is 33.1 Å². The number of hydrogen-bond acceptors (Lipinski definition) is 5. The molecule has 0 bridgehead atoms. The van der Waals surface area contributed by atoms with E-state index in [4.69, 9.17) is 79.4 Å². The molecule has 0 amide bonds. The fourth-order valence-electron chi connectivity index (χ4n) is 1.18. The first-order chi connectivity index (χ1) is 9.03. The molecule has 0 radical (unpaired) electrons. The Labute approximate surface area is 150 Å². The predicted molar refractivity (Wildman–Crippen MR) is 83.0 cm³/mol. The van der Waals surface area contributed by atoms with E-state index in [2.05, 4.69) is 9.05 Å². The van der Waals surface area contributed by atoms with Gasteiger partial charge in [0.05, 0.1) is 0 Å². The SMILES string of the molecule is COP(=O)(OC)C(O)(C(Cl)C(Cl)(Cl)P(=O)(O)O)C(Cl)(Cl)Cl. The van der Waals surface area contributed by atoms with Crippen LogP contribution in [0.25, 0.3) is 0 Å². The Morgan fingerprint density at radius 2 is 1.33 bits per heavy atom. The minimum atomic E-state index is -5.35. The highest BCUT2D eigenvalue weighted by molar-refractivity contribution is 7.59. The highest BCUT2D eigenvalue weighted by Crippen LogP contribution is 2.73. The third-order valence-corrected chi connectivity index (χ3v) is 9.98. The zero-order valence-electron chi connectivity index (χ0n) is 10.2. The fourth-order valence-corrected chi connectivity index (χ4v) is 6.05. The molecule has 2 atom stereocenters. The van der Waals surface area contributed by atoms with E-state index in [0.29, 0.717) is 0 Å². The number of alkyl halides is 6. The summed E-state index contributed by atoms with van der Waals surface area (Å²) < 4.78 is 26.6. The molecule has 0 aliphatic carbocycles. The van der Waals surface area contributed by atoms with Crippen molar-refractivity contribution in [1.29, 1.82) is 0 Å². The molecule has 21 heavy (non-hydrogen) atoms. The van der Waals surface area contributed by atoms with Crippen LogP contribution in [0.1, 0.15) is 0 Å². The quantitative estimate of drug-likeness (QED) is 0.404. The van der Waals surface area contributed by atoms with Gasteiger partial charge in [0.1, 0.15) is 5.38 Å². The minimum Gasteiger partial charge on any atom is -0.373 e. The second-order valence-electron chi connectivity index (χ2n) is 3.58. The van der Waals surface area contributed by atoms with Crippen molar-refractivity contribution in [2.24, 2.45) is 0 Å². The summed E-state index contributed by atoms with van der Waals surface area (Å²) in [6, 6.07) is 0. The van der Waals surface area contributed by atoms with Gasteiger partial charge in [0, 0.05) is 14.2 Å². The summed E-state index contributed by atoms with van der Waals surface area (Å²) >= 11 is 33.2. The van der Waals surface area contributed by atoms with Gasteiger partial charge < -0.3 is 23.9 Å². The zero-order chi connectivity index (χ0) is 17.5. The van der Waals surface area contributed by atoms with Gasteiger partial charge in [0.2, 0.25) is 13.2 Å². The van der Waals surface area contributed by atoms with Gasteiger partial charge in [-0.1, -0.05) is 58.0 Å². The van der Waals surface area contributed by atoms with Crippen LogP contribution in [0.3, 0.4) is 0 Å². The van der Waals surface area contributed by atoms with Crippen LogP contribution in [0.4, 0.5) is 0 Å². The summed E-state index contributed by atoms with van der Waals surface area (Å²) in [5.41, 5.74) is 0. The summed E-state index contributed by atoms with van der Waals surface area (Å²) in [5.74, 6) is 0. The smallest absolute Gasteiger partial charge is 0.367 e. The lowest BCUT2D eigenvalue weighted by Gasteiger charge is -2.44. The van der Waals surface area contributed by atoms with E-state index in [-0.39, 0.29) is 0 Å². The van der Waals surface area contributed by atoms with Crippen molar-refractivity contribution in [3.8, 4) is 0 Å². The van der Waals surface area contributed by atoms with E-state index in [1.807, 2.05) is 0 Å². The standard InChI is InChI=1S/C6H10Cl6O7P2/c1-18-21(17,19-2)4(13,6(10,11)12)3(7)5(8,9)20(14,15)16/h3,13H,1-2H3,(H2,14,15,16). The Hall–Kier alpha value is 2.00. The van der Waals surface area contributed by atoms with Crippen molar-refractivity contribution in [2.75, 3.05) is 14.2 Å². The Balaban J connectivity index is 6.37. The van der Waals surface area contributed by atoms with Crippen molar-refractivity contribution in [1.82, 2.24) is 0 Å². The molecule has 0 aliphatic rings. The number of hydrogen-bond donors (Lipinski definition) is 3. The van der Waals surface area contributed by atoms with Crippen LogP contribution in [-0.2, 0) is 18.2 Å². The molecule has 0 aliphatic heterocycles. The lowest BCUT2D eigenvalue weighted by molar-refractivity contribution is 0.0763. The van der Waals surface area contributed by atoms with Gasteiger partial charge in [0.15, 0.2) is 0 Å². The van der Waals surface area contributed by atoms with E-state index in [0.717, 1.165) is 14.2 Å². The molecular formula is C6H10Cl6O7P2. The van der Waals surface area contributed by atoms with Crippen LogP contribution in [0.15, 0.2) is 0 Å². The minimum absolute atomic E-state index is 0.816. The Morgan fingerprint density at radius 1 is 1.00 bits per heavy atom. The van der Waals surface area contributed by atoms with Gasteiger partial charge in [0.25, 0.3) is 0 Å². The van der Waals surface area contributed by atoms with Crippen LogP contribution in [0.2, 0.25) is 0 Å². The largest absolute Gasteiger partial charge is 0.373 e. The van der Waals surface area contributed by atoms with Gasteiger partial charge in [-0.3, -0.25) is 9.13 Å². The summed E-state index contributed by atoms with van der Waals surface area (Å²) in [4.78, 5) is 18.2. The molecule has 0 rings (SSSR count). The van der Waals surface area contributed by atoms with Crippen molar-refractivity contribution in [3.05, 3.63) is 0 Å². The highest BCUT2D eigenvalue weighted by Gasteiger charge is 2.73. The van der Waals surface area contributed by atoms with E-state index in [1.54, 1.807) is 0 Å². The average molecular weight is 469 g/mol. The summed E-state index contributed by atoms with van der Waals surface area (Å²) in [6.45, 7) is 0. The second-order valence-corrected chi connectivity index (χ2v) is 12.4. The Kier molecular flexibility index (Phi) is 7.76. The van der Waals surface area contributed by atoms with Crippen LogP contribution in [-0.4, -0.2) is 47.7 Å². The monoisotopic (exact) mass is 466 g/mol. The average Bonchev–Trinajstić information content (AvgIpc) is 2.32. The maximum absolute atomic E-state index is 12.4. The molecule has 0 aromatic carbocycles. The first kappa shape index (κ1) is 23.0. The number of halogens is 6. The van der Waals surface area contributed by atoms with Gasteiger partial charge in [-0.05, 0) is 0 Å². The molecule has 0 heterocycles. The van der Waals surface area contributed by atoms with Crippen LogP contribution in [0, 0.1) is 0 Å². The molecule has 128 valence electrons. The third-order valence-electron chi connectivity index (χ3n) is 2.36. The fraction of sp³-hybridized carbons (Fsp3) is 1.00. The molecule has 7 nitrogen and oxygen atoms in total. The molecule has 0 aromatic heterocycles. The molecule has 2 unspecified atom stereocenters. The van der Waals surface area contributed by atoms with Gasteiger partial charge >= 0.3 is 15.2 Å². The van der Waals surface area contributed by atoms with Gasteiger partial charge in [-0.25, -0.2) is 0 Å².